The first kappa shape index (κ1) is 17.6. The molecule has 132 valence electrons. The molecule has 0 bridgehead atoms. The zero-order valence-corrected chi connectivity index (χ0v) is 14.1. The third kappa shape index (κ3) is 4.66. The SMILES string of the molecule is O=C(NCc1ccccc1CN1CC[C@@H](O)C1)[C@H](O)c1ccccc1. The van der Waals surface area contributed by atoms with Crippen LogP contribution in [0.15, 0.2) is 54.6 Å². The largest absolute Gasteiger partial charge is 0.392 e. The van der Waals surface area contributed by atoms with E-state index >= 15 is 0 Å². The molecule has 0 aromatic heterocycles. The molecule has 3 rings (SSSR count). The van der Waals surface area contributed by atoms with Gasteiger partial charge < -0.3 is 15.5 Å². The van der Waals surface area contributed by atoms with Crippen molar-refractivity contribution in [1.82, 2.24) is 10.2 Å². The van der Waals surface area contributed by atoms with E-state index in [4.69, 9.17) is 0 Å². The number of hydrogen-bond donors (Lipinski definition) is 3. The van der Waals surface area contributed by atoms with Crippen LogP contribution in [-0.4, -0.2) is 40.2 Å². The number of aliphatic hydroxyl groups is 2. The number of aliphatic hydroxyl groups excluding tert-OH is 2. The minimum atomic E-state index is -1.16. The topological polar surface area (TPSA) is 72.8 Å². The summed E-state index contributed by atoms with van der Waals surface area (Å²) in [6, 6.07) is 16.9. The van der Waals surface area contributed by atoms with Crippen LogP contribution in [0, 0.1) is 0 Å². The Morgan fingerprint density at radius 1 is 1.12 bits per heavy atom. The third-order valence-electron chi connectivity index (χ3n) is 4.58. The zero-order chi connectivity index (χ0) is 17.6. The molecule has 1 fully saturated rings. The Hall–Kier alpha value is -2.21. The molecule has 1 saturated heterocycles. The monoisotopic (exact) mass is 340 g/mol. The van der Waals surface area contributed by atoms with Gasteiger partial charge in [-0.15, -0.1) is 0 Å². The number of carbonyl (C=O) groups is 1. The molecule has 0 aliphatic carbocycles. The lowest BCUT2D eigenvalue weighted by molar-refractivity contribution is -0.129. The summed E-state index contributed by atoms with van der Waals surface area (Å²) in [5, 5.41) is 22.6. The lowest BCUT2D eigenvalue weighted by Crippen LogP contribution is -2.29. The molecule has 1 heterocycles. The van der Waals surface area contributed by atoms with E-state index in [2.05, 4.69) is 10.2 Å². The second-order valence-corrected chi connectivity index (χ2v) is 6.48. The summed E-state index contributed by atoms with van der Waals surface area (Å²) < 4.78 is 0. The molecule has 25 heavy (non-hydrogen) atoms. The van der Waals surface area contributed by atoms with Crippen molar-refractivity contribution in [3.05, 3.63) is 71.3 Å². The number of hydrogen-bond acceptors (Lipinski definition) is 4. The summed E-state index contributed by atoms with van der Waals surface area (Å²) in [6.07, 6.45) is -0.600. The second-order valence-electron chi connectivity index (χ2n) is 6.48. The summed E-state index contributed by atoms with van der Waals surface area (Å²) in [6.45, 7) is 2.70. The van der Waals surface area contributed by atoms with Crippen LogP contribution in [0.4, 0.5) is 0 Å². The van der Waals surface area contributed by atoms with Gasteiger partial charge in [-0.05, 0) is 23.1 Å². The molecule has 2 aromatic rings. The first-order valence-corrected chi connectivity index (χ1v) is 8.61. The summed E-state index contributed by atoms with van der Waals surface area (Å²) >= 11 is 0. The highest BCUT2D eigenvalue weighted by Gasteiger charge is 2.21. The Balaban J connectivity index is 1.60. The fraction of sp³-hybridized carbons (Fsp3) is 0.350. The van der Waals surface area contributed by atoms with Crippen molar-refractivity contribution in [3.8, 4) is 0 Å². The van der Waals surface area contributed by atoms with E-state index in [1.807, 2.05) is 30.3 Å². The molecule has 1 aliphatic heterocycles. The molecular formula is C20H24N2O3. The maximum absolute atomic E-state index is 12.2. The maximum Gasteiger partial charge on any atom is 0.253 e. The van der Waals surface area contributed by atoms with Crippen LogP contribution in [-0.2, 0) is 17.9 Å². The number of rotatable bonds is 6. The normalized spacial score (nSPS) is 18.9. The number of β-amino-alcohol motifs (C(OH)–C–C–N with tert-alkyl or cyclic N) is 1. The van der Waals surface area contributed by atoms with Crippen molar-refractivity contribution >= 4 is 5.91 Å². The Bertz CT molecular complexity index is 705. The summed E-state index contributed by atoms with van der Waals surface area (Å²) in [5.74, 6) is -0.405. The fourth-order valence-electron chi connectivity index (χ4n) is 3.15. The van der Waals surface area contributed by atoms with Crippen molar-refractivity contribution in [1.29, 1.82) is 0 Å². The van der Waals surface area contributed by atoms with Crippen LogP contribution in [0.5, 0.6) is 0 Å². The molecule has 1 amide bonds. The molecule has 2 atom stereocenters. The molecule has 2 aromatic carbocycles. The molecular weight excluding hydrogens is 316 g/mol. The van der Waals surface area contributed by atoms with Gasteiger partial charge in [-0.1, -0.05) is 54.6 Å². The second kappa shape index (κ2) is 8.25. The van der Waals surface area contributed by atoms with Crippen molar-refractivity contribution in [2.45, 2.75) is 31.7 Å². The van der Waals surface area contributed by atoms with Crippen molar-refractivity contribution in [3.63, 3.8) is 0 Å². The summed E-state index contributed by atoms with van der Waals surface area (Å²) in [7, 11) is 0. The van der Waals surface area contributed by atoms with Crippen molar-refractivity contribution in [2.75, 3.05) is 13.1 Å². The number of likely N-dealkylation sites (tertiary alicyclic amines) is 1. The predicted octanol–water partition coefficient (Wildman–Crippen LogP) is 1.60. The number of carbonyl (C=O) groups excluding carboxylic acids is 1. The number of nitrogens with one attached hydrogen (secondary N) is 1. The molecule has 5 heteroatoms. The summed E-state index contributed by atoms with van der Waals surface area (Å²) in [5.41, 5.74) is 2.74. The minimum Gasteiger partial charge on any atom is -0.392 e. The maximum atomic E-state index is 12.2. The quantitative estimate of drug-likeness (QED) is 0.747. The van der Waals surface area contributed by atoms with Crippen molar-refractivity contribution < 1.29 is 15.0 Å². The van der Waals surface area contributed by atoms with Gasteiger partial charge in [-0.2, -0.15) is 0 Å². The van der Waals surface area contributed by atoms with Crippen LogP contribution in [0.3, 0.4) is 0 Å². The smallest absolute Gasteiger partial charge is 0.253 e. The van der Waals surface area contributed by atoms with Crippen LogP contribution < -0.4 is 5.32 Å². The van der Waals surface area contributed by atoms with Gasteiger partial charge in [-0.25, -0.2) is 0 Å². The van der Waals surface area contributed by atoms with Gasteiger partial charge in [0, 0.05) is 26.2 Å². The van der Waals surface area contributed by atoms with Gasteiger partial charge in [0.05, 0.1) is 6.10 Å². The Morgan fingerprint density at radius 2 is 1.80 bits per heavy atom. The summed E-state index contributed by atoms with van der Waals surface area (Å²) in [4.78, 5) is 14.4. The lowest BCUT2D eigenvalue weighted by atomic mass is 10.1. The number of benzene rings is 2. The Morgan fingerprint density at radius 3 is 2.48 bits per heavy atom. The third-order valence-corrected chi connectivity index (χ3v) is 4.58. The van der Waals surface area contributed by atoms with E-state index < -0.39 is 12.0 Å². The van der Waals surface area contributed by atoms with E-state index in [1.165, 1.54) is 0 Å². The van der Waals surface area contributed by atoms with Gasteiger partial charge in [0.2, 0.25) is 0 Å². The molecule has 5 nitrogen and oxygen atoms in total. The van der Waals surface area contributed by atoms with Gasteiger partial charge in [-0.3, -0.25) is 9.69 Å². The average molecular weight is 340 g/mol. The van der Waals surface area contributed by atoms with Crippen LogP contribution >= 0.6 is 0 Å². The predicted molar refractivity (Wildman–Crippen MR) is 95.6 cm³/mol. The van der Waals surface area contributed by atoms with E-state index in [0.717, 1.165) is 30.6 Å². The lowest BCUT2D eigenvalue weighted by Gasteiger charge is -2.18. The Labute approximate surface area is 147 Å². The van der Waals surface area contributed by atoms with Crippen LogP contribution in [0.25, 0.3) is 0 Å². The minimum absolute atomic E-state index is 0.243. The molecule has 0 spiro atoms. The van der Waals surface area contributed by atoms with Gasteiger partial charge in [0.15, 0.2) is 6.10 Å². The Kier molecular flexibility index (Phi) is 5.81. The van der Waals surface area contributed by atoms with E-state index in [9.17, 15) is 15.0 Å². The molecule has 1 aliphatic rings. The standard InChI is InChI=1S/C20H24N2O3/c23-18-10-11-22(14-18)13-17-9-5-4-8-16(17)12-21-20(25)19(24)15-6-2-1-3-7-15/h1-9,18-19,23-24H,10-14H2,(H,21,25)/t18-,19-/m1/s1. The fourth-order valence-corrected chi connectivity index (χ4v) is 3.15. The van der Waals surface area contributed by atoms with E-state index in [0.29, 0.717) is 18.7 Å². The van der Waals surface area contributed by atoms with Gasteiger partial charge >= 0.3 is 0 Å². The van der Waals surface area contributed by atoms with Gasteiger partial charge in [0.1, 0.15) is 0 Å². The van der Waals surface area contributed by atoms with Crippen LogP contribution in [0.1, 0.15) is 29.2 Å². The van der Waals surface area contributed by atoms with Crippen molar-refractivity contribution in [2.24, 2.45) is 0 Å². The average Bonchev–Trinajstić information content (AvgIpc) is 3.05. The van der Waals surface area contributed by atoms with Crippen LogP contribution in [0.2, 0.25) is 0 Å². The highest BCUT2D eigenvalue weighted by atomic mass is 16.3. The molecule has 3 N–H and O–H groups in total. The molecule has 0 radical (unpaired) electrons. The first-order valence-electron chi connectivity index (χ1n) is 8.61. The number of nitrogens with zero attached hydrogens (tertiary/aromatic N) is 1. The number of amides is 1. The first-order chi connectivity index (χ1) is 12.1. The van der Waals surface area contributed by atoms with E-state index in [-0.39, 0.29) is 6.10 Å². The van der Waals surface area contributed by atoms with Gasteiger partial charge in [0.25, 0.3) is 5.91 Å². The van der Waals surface area contributed by atoms with E-state index in [1.54, 1.807) is 24.3 Å². The molecule has 0 saturated carbocycles. The highest BCUT2D eigenvalue weighted by Crippen LogP contribution is 2.17. The zero-order valence-electron chi connectivity index (χ0n) is 14.1. The highest BCUT2D eigenvalue weighted by molar-refractivity contribution is 5.81. The molecule has 0 unspecified atom stereocenters.